The Balaban J connectivity index is 1.94. The second-order valence-electron chi connectivity index (χ2n) is 5.59. The number of nitrogens with one attached hydrogen (secondary N) is 1. The number of aromatic hydroxyl groups is 1. The van der Waals surface area contributed by atoms with Crippen molar-refractivity contribution in [3.8, 4) is 5.75 Å². The van der Waals surface area contributed by atoms with Gasteiger partial charge in [0.15, 0.2) is 0 Å². The zero-order valence-corrected chi connectivity index (χ0v) is 12.4. The number of phenols is 1. The normalized spacial score (nSPS) is 12.6. The van der Waals surface area contributed by atoms with Gasteiger partial charge in [-0.15, -0.1) is 0 Å². The van der Waals surface area contributed by atoms with E-state index in [1.807, 2.05) is 12.1 Å². The summed E-state index contributed by atoms with van der Waals surface area (Å²) in [4.78, 5) is 0. The molecule has 1 atom stereocenters. The van der Waals surface area contributed by atoms with E-state index in [4.69, 9.17) is 0 Å². The minimum absolute atomic E-state index is 0.310. The van der Waals surface area contributed by atoms with Crippen LogP contribution in [0.2, 0.25) is 0 Å². The van der Waals surface area contributed by atoms with E-state index in [1.165, 1.54) is 16.7 Å². The molecule has 2 N–H and O–H groups in total. The molecule has 106 valence electrons. The van der Waals surface area contributed by atoms with E-state index >= 15 is 0 Å². The molecule has 0 aromatic heterocycles. The summed E-state index contributed by atoms with van der Waals surface area (Å²) in [6.07, 6.45) is 0. The molecule has 0 radical (unpaired) electrons. The van der Waals surface area contributed by atoms with Crippen molar-refractivity contribution in [1.29, 1.82) is 0 Å². The highest BCUT2D eigenvalue weighted by Gasteiger charge is 2.06. The highest BCUT2D eigenvalue weighted by Crippen LogP contribution is 2.19. The molecule has 1 unspecified atom stereocenters. The van der Waals surface area contributed by atoms with Crippen LogP contribution in [0.15, 0.2) is 48.5 Å². The second-order valence-corrected chi connectivity index (χ2v) is 5.59. The summed E-state index contributed by atoms with van der Waals surface area (Å²) in [5, 5.41) is 12.8. The predicted molar refractivity (Wildman–Crippen MR) is 83.9 cm³/mol. The van der Waals surface area contributed by atoms with Gasteiger partial charge in [-0.3, -0.25) is 0 Å². The summed E-state index contributed by atoms with van der Waals surface area (Å²) in [5.41, 5.74) is 3.85. The van der Waals surface area contributed by atoms with E-state index in [0.717, 1.165) is 6.54 Å². The van der Waals surface area contributed by atoms with Gasteiger partial charge in [0.1, 0.15) is 5.75 Å². The van der Waals surface area contributed by atoms with Crippen molar-refractivity contribution >= 4 is 0 Å². The monoisotopic (exact) mass is 269 g/mol. The van der Waals surface area contributed by atoms with Crippen molar-refractivity contribution in [3.63, 3.8) is 0 Å². The first kappa shape index (κ1) is 14.6. The molecule has 2 aromatic rings. The number of benzene rings is 2. The lowest BCUT2D eigenvalue weighted by molar-refractivity contribution is 0.474. The molecule has 0 aliphatic carbocycles. The van der Waals surface area contributed by atoms with E-state index in [1.54, 1.807) is 12.1 Å². The molecule has 0 fully saturated rings. The molecular weight excluding hydrogens is 246 g/mol. The van der Waals surface area contributed by atoms with Gasteiger partial charge in [0.05, 0.1) is 0 Å². The number of hydrogen-bond donors (Lipinski definition) is 2. The molecule has 2 nitrogen and oxygen atoms in total. The zero-order chi connectivity index (χ0) is 14.5. The Morgan fingerprint density at radius 3 is 1.95 bits per heavy atom. The van der Waals surface area contributed by atoms with E-state index in [-0.39, 0.29) is 0 Å². The third-order valence-electron chi connectivity index (χ3n) is 3.65. The van der Waals surface area contributed by atoms with Gasteiger partial charge < -0.3 is 10.4 Å². The standard InChI is InChI=1S/C18H23NO/c1-13(2)16-6-8-17(9-7-16)14(3)19-12-15-4-10-18(20)11-5-15/h4-11,13-14,19-20H,12H2,1-3H3. The molecule has 0 spiro atoms. The smallest absolute Gasteiger partial charge is 0.115 e. The molecule has 0 saturated carbocycles. The lowest BCUT2D eigenvalue weighted by atomic mass is 9.99. The van der Waals surface area contributed by atoms with Crippen LogP contribution >= 0.6 is 0 Å². The van der Waals surface area contributed by atoms with Crippen molar-refractivity contribution < 1.29 is 5.11 Å². The van der Waals surface area contributed by atoms with Crippen molar-refractivity contribution in [2.45, 2.75) is 39.3 Å². The molecule has 20 heavy (non-hydrogen) atoms. The Bertz CT molecular complexity index is 528. The molecule has 0 aliphatic heterocycles. The van der Waals surface area contributed by atoms with Gasteiger partial charge in [-0.05, 0) is 41.7 Å². The van der Waals surface area contributed by atoms with Gasteiger partial charge in [0.2, 0.25) is 0 Å². The third-order valence-corrected chi connectivity index (χ3v) is 3.65. The fourth-order valence-electron chi connectivity index (χ4n) is 2.17. The van der Waals surface area contributed by atoms with Crippen molar-refractivity contribution in [1.82, 2.24) is 5.32 Å². The lowest BCUT2D eigenvalue weighted by Gasteiger charge is -2.15. The quantitative estimate of drug-likeness (QED) is 0.845. The Labute approximate surface area is 121 Å². The average Bonchev–Trinajstić information content (AvgIpc) is 2.46. The van der Waals surface area contributed by atoms with Crippen molar-refractivity contribution in [2.75, 3.05) is 0 Å². The van der Waals surface area contributed by atoms with Crippen molar-refractivity contribution in [2.24, 2.45) is 0 Å². The summed E-state index contributed by atoms with van der Waals surface area (Å²) >= 11 is 0. The maximum Gasteiger partial charge on any atom is 0.115 e. The molecule has 0 aliphatic rings. The maximum atomic E-state index is 9.26. The molecule has 0 amide bonds. The fraction of sp³-hybridized carbons (Fsp3) is 0.333. The van der Waals surface area contributed by atoms with Crippen molar-refractivity contribution in [3.05, 3.63) is 65.2 Å². The number of hydrogen-bond acceptors (Lipinski definition) is 2. The molecule has 0 bridgehead atoms. The average molecular weight is 269 g/mol. The Hall–Kier alpha value is -1.80. The van der Waals surface area contributed by atoms with Gasteiger partial charge in [-0.1, -0.05) is 50.2 Å². The number of phenolic OH excluding ortho intramolecular Hbond substituents is 1. The van der Waals surface area contributed by atoms with Crippen LogP contribution in [0.25, 0.3) is 0 Å². The van der Waals surface area contributed by atoms with Crippen LogP contribution in [0.5, 0.6) is 5.75 Å². The van der Waals surface area contributed by atoms with Crippen LogP contribution in [-0.2, 0) is 6.54 Å². The first-order valence-corrected chi connectivity index (χ1v) is 7.17. The van der Waals surface area contributed by atoms with Crippen LogP contribution in [-0.4, -0.2) is 5.11 Å². The molecule has 2 heteroatoms. The SMILES string of the molecule is CC(C)c1ccc(C(C)NCc2ccc(O)cc2)cc1. The van der Waals surface area contributed by atoms with Gasteiger partial charge >= 0.3 is 0 Å². The molecule has 0 saturated heterocycles. The predicted octanol–water partition coefficient (Wildman–Crippen LogP) is 4.37. The summed E-state index contributed by atoms with van der Waals surface area (Å²) in [6, 6.07) is 16.4. The summed E-state index contributed by atoms with van der Waals surface area (Å²) in [6.45, 7) is 7.39. The van der Waals surface area contributed by atoms with Gasteiger partial charge in [-0.25, -0.2) is 0 Å². The topological polar surface area (TPSA) is 32.3 Å². The largest absolute Gasteiger partial charge is 0.508 e. The van der Waals surface area contributed by atoms with E-state index in [2.05, 4.69) is 50.4 Å². The van der Waals surface area contributed by atoms with Crippen LogP contribution < -0.4 is 5.32 Å². The first-order chi connectivity index (χ1) is 9.56. The second kappa shape index (κ2) is 6.58. The van der Waals surface area contributed by atoms with Gasteiger partial charge in [0.25, 0.3) is 0 Å². The Kier molecular flexibility index (Phi) is 4.80. The Morgan fingerprint density at radius 1 is 0.850 bits per heavy atom. The number of rotatable bonds is 5. The summed E-state index contributed by atoms with van der Waals surface area (Å²) in [7, 11) is 0. The molecule has 0 heterocycles. The highest BCUT2D eigenvalue weighted by molar-refractivity contribution is 5.28. The van der Waals surface area contributed by atoms with E-state index < -0.39 is 0 Å². The first-order valence-electron chi connectivity index (χ1n) is 7.17. The fourth-order valence-corrected chi connectivity index (χ4v) is 2.17. The summed E-state index contributed by atoms with van der Waals surface area (Å²) in [5.74, 6) is 0.885. The van der Waals surface area contributed by atoms with Crippen LogP contribution in [0.3, 0.4) is 0 Å². The van der Waals surface area contributed by atoms with Gasteiger partial charge in [-0.2, -0.15) is 0 Å². The maximum absolute atomic E-state index is 9.26. The minimum atomic E-state index is 0.310. The minimum Gasteiger partial charge on any atom is -0.508 e. The van der Waals surface area contributed by atoms with Crippen LogP contribution in [0.1, 0.15) is 49.4 Å². The lowest BCUT2D eigenvalue weighted by Crippen LogP contribution is -2.18. The molecule has 2 rings (SSSR count). The molecular formula is C18H23NO. The summed E-state index contributed by atoms with van der Waals surface area (Å²) < 4.78 is 0. The molecule has 2 aromatic carbocycles. The highest BCUT2D eigenvalue weighted by atomic mass is 16.3. The Morgan fingerprint density at radius 2 is 1.40 bits per heavy atom. The van der Waals surface area contributed by atoms with Crippen LogP contribution in [0, 0.1) is 0 Å². The van der Waals surface area contributed by atoms with Gasteiger partial charge in [0, 0.05) is 12.6 Å². The van der Waals surface area contributed by atoms with E-state index in [0.29, 0.717) is 17.7 Å². The zero-order valence-electron chi connectivity index (χ0n) is 12.4. The third kappa shape index (κ3) is 3.84. The van der Waals surface area contributed by atoms with Crippen LogP contribution in [0.4, 0.5) is 0 Å². The van der Waals surface area contributed by atoms with E-state index in [9.17, 15) is 5.11 Å².